The van der Waals surface area contributed by atoms with Crippen molar-refractivity contribution < 1.29 is 13.9 Å². The Balaban J connectivity index is 1.92. The van der Waals surface area contributed by atoms with Gasteiger partial charge in [-0.2, -0.15) is 0 Å². The summed E-state index contributed by atoms with van der Waals surface area (Å²) >= 11 is 0. The average molecular weight is 381 g/mol. The van der Waals surface area contributed by atoms with E-state index in [1.165, 1.54) is 0 Å². The van der Waals surface area contributed by atoms with Crippen LogP contribution in [0.15, 0.2) is 79.4 Å². The molecule has 1 saturated heterocycles. The molecule has 0 aliphatic carbocycles. The SMILES string of the molecule is OC(c1cccnc1)(c1cccnc1)C(c1ccccc1)N1C[C@@H](F)[C@H](F)C1. The van der Waals surface area contributed by atoms with Gasteiger partial charge in [-0.25, -0.2) is 8.78 Å². The highest BCUT2D eigenvalue weighted by atomic mass is 19.2. The Bertz CT molecular complexity index is 846. The first-order valence-corrected chi connectivity index (χ1v) is 9.21. The van der Waals surface area contributed by atoms with Crippen molar-refractivity contribution in [3.05, 3.63) is 96.1 Å². The van der Waals surface area contributed by atoms with Gasteiger partial charge in [0.25, 0.3) is 0 Å². The van der Waals surface area contributed by atoms with Gasteiger partial charge in [0.1, 0.15) is 17.9 Å². The molecule has 28 heavy (non-hydrogen) atoms. The summed E-state index contributed by atoms with van der Waals surface area (Å²) in [6, 6.07) is 15.6. The van der Waals surface area contributed by atoms with Gasteiger partial charge in [-0.1, -0.05) is 42.5 Å². The Morgan fingerprint density at radius 2 is 1.39 bits per heavy atom. The summed E-state index contributed by atoms with van der Waals surface area (Å²) < 4.78 is 28.2. The summed E-state index contributed by atoms with van der Waals surface area (Å²) in [5.74, 6) is 0. The van der Waals surface area contributed by atoms with Crippen molar-refractivity contribution in [2.45, 2.75) is 24.0 Å². The molecule has 0 bridgehead atoms. The van der Waals surface area contributed by atoms with Crippen molar-refractivity contribution in [2.75, 3.05) is 13.1 Å². The van der Waals surface area contributed by atoms with Crippen molar-refractivity contribution in [2.24, 2.45) is 0 Å². The van der Waals surface area contributed by atoms with Crippen LogP contribution >= 0.6 is 0 Å². The topological polar surface area (TPSA) is 49.3 Å². The van der Waals surface area contributed by atoms with Crippen LogP contribution in [0.2, 0.25) is 0 Å². The van der Waals surface area contributed by atoms with Crippen LogP contribution in [0.3, 0.4) is 0 Å². The van der Waals surface area contributed by atoms with Crippen LogP contribution < -0.4 is 0 Å². The minimum absolute atomic E-state index is 0.0937. The number of likely N-dealkylation sites (tertiary alicyclic amines) is 1. The van der Waals surface area contributed by atoms with Gasteiger partial charge in [-0.3, -0.25) is 14.9 Å². The maximum Gasteiger partial charge on any atom is 0.145 e. The lowest BCUT2D eigenvalue weighted by Crippen LogP contribution is -2.45. The number of nitrogens with zero attached hydrogens (tertiary/aromatic N) is 3. The second-order valence-electron chi connectivity index (χ2n) is 7.05. The molecule has 1 aliphatic rings. The quantitative estimate of drug-likeness (QED) is 0.736. The van der Waals surface area contributed by atoms with Crippen LogP contribution in [-0.4, -0.2) is 45.4 Å². The molecule has 1 aliphatic heterocycles. The molecule has 4 rings (SSSR count). The van der Waals surface area contributed by atoms with E-state index in [-0.39, 0.29) is 13.1 Å². The van der Waals surface area contributed by atoms with Crippen LogP contribution in [0.25, 0.3) is 0 Å². The highest BCUT2D eigenvalue weighted by Crippen LogP contribution is 2.45. The van der Waals surface area contributed by atoms with Crippen molar-refractivity contribution in [1.29, 1.82) is 0 Å². The van der Waals surface area contributed by atoms with E-state index in [1.54, 1.807) is 54.0 Å². The number of halogens is 2. The number of aliphatic hydroxyl groups is 1. The number of aromatic nitrogens is 2. The van der Waals surface area contributed by atoms with Gasteiger partial charge < -0.3 is 5.11 Å². The lowest BCUT2D eigenvalue weighted by atomic mass is 9.77. The fraction of sp³-hybridized carbons (Fsp3) is 0.273. The summed E-state index contributed by atoms with van der Waals surface area (Å²) in [5, 5.41) is 12.1. The zero-order valence-corrected chi connectivity index (χ0v) is 15.2. The molecule has 0 radical (unpaired) electrons. The molecule has 0 amide bonds. The van der Waals surface area contributed by atoms with Crippen LogP contribution in [0.5, 0.6) is 0 Å². The second kappa shape index (κ2) is 7.73. The van der Waals surface area contributed by atoms with Gasteiger partial charge in [-0.05, 0) is 17.7 Å². The predicted molar refractivity (Wildman–Crippen MR) is 102 cm³/mol. The molecule has 3 heterocycles. The van der Waals surface area contributed by atoms with Gasteiger partial charge in [-0.15, -0.1) is 0 Å². The van der Waals surface area contributed by atoms with Crippen LogP contribution in [0.4, 0.5) is 8.78 Å². The lowest BCUT2D eigenvalue weighted by Gasteiger charge is -2.42. The highest BCUT2D eigenvalue weighted by molar-refractivity contribution is 5.39. The van der Waals surface area contributed by atoms with Crippen molar-refractivity contribution in [3.63, 3.8) is 0 Å². The Morgan fingerprint density at radius 3 is 1.86 bits per heavy atom. The molecular weight excluding hydrogens is 360 g/mol. The zero-order chi connectivity index (χ0) is 19.6. The number of benzene rings is 1. The summed E-state index contributed by atoms with van der Waals surface area (Å²) in [5.41, 5.74) is 0.247. The van der Waals surface area contributed by atoms with Gasteiger partial charge in [0.15, 0.2) is 0 Å². The molecule has 144 valence electrons. The number of hydrogen-bond acceptors (Lipinski definition) is 4. The number of rotatable bonds is 5. The zero-order valence-electron chi connectivity index (χ0n) is 15.2. The molecule has 6 heteroatoms. The largest absolute Gasteiger partial charge is 0.378 e. The highest BCUT2D eigenvalue weighted by Gasteiger charge is 2.48. The number of pyridine rings is 2. The molecule has 2 aromatic heterocycles. The Morgan fingerprint density at radius 1 is 0.857 bits per heavy atom. The molecule has 1 fully saturated rings. The minimum atomic E-state index is -1.59. The third-order valence-corrected chi connectivity index (χ3v) is 5.29. The van der Waals surface area contributed by atoms with Crippen LogP contribution in [-0.2, 0) is 5.60 Å². The molecule has 3 atom stereocenters. The first kappa shape index (κ1) is 18.7. The van der Waals surface area contributed by atoms with E-state index in [4.69, 9.17) is 0 Å². The van der Waals surface area contributed by atoms with Crippen LogP contribution in [0.1, 0.15) is 22.7 Å². The summed E-state index contributed by atoms with van der Waals surface area (Å²) in [7, 11) is 0. The maximum atomic E-state index is 14.1. The van der Waals surface area contributed by atoms with E-state index in [0.717, 1.165) is 5.56 Å². The minimum Gasteiger partial charge on any atom is -0.378 e. The maximum absolute atomic E-state index is 14.1. The fourth-order valence-electron chi connectivity index (χ4n) is 3.97. The molecular formula is C22H21F2N3O. The Kier molecular flexibility index (Phi) is 5.15. The van der Waals surface area contributed by atoms with Gasteiger partial charge in [0.05, 0.1) is 6.04 Å². The third-order valence-electron chi connectivity index (χ3n) is 5.29. The average Bonchev–Trinajstić information content (AvgIpc) is 3.08. The standard InChI is InChI=1S/C22H21F2N3O/c23-19-14-27(15-20(19)24)21(16-6-2-1-3-7-16)22(28,17-8-4-10-25-12-17)18-9-5-11-26-13-18/h1-13,19-21,28H,14-15H2/t19-,20-,21?/m1/s1. The second-order valence-corrected chi connectivity index (χ2v) is 7.05. The van der Waals surface area contributed by atoms with Gasteiger partial charge >= 0.3 is 0 Å². The lowest BCUT2D eigenvalue weighted by molar-refractivity contribution is -0.0180. The molecule has 1 N–H and O–H groups in total. The first-order valence-electron chi connectivity index (χ1n) is 9.21. The Hall–Kier alpha value is -2.70. The van der Waals surface area contributed by atoms with Crippen molar-refractivity contribution in [1.82, 2.24) is 14.9 Å². The van der Waals surface area contributed by atoms with E-state index in [1.807, 2.05) is 30.3 Å². The van der Waals surface area contributed by atoms with E-state index in [0.29, 0.717) is 11.1 Å². The van der Waals surface area contributed by atoms with E-state index < -0.39 is 24.0 Å². The third kappa shape index (κ3) is 3.30. The fourth-order valence-corrected chi connectivity index (χ4v) is 3.97. The predicted octanol–water partition coefficient (Wildman–Crippen LogP) is 3.45. The Labute approximate surface area is 162 Å². The number of alkyl halides is 2. The van der Waals surface area contributed by atoms with E-state index in [2.05, 4.69) is 9.97 Å². The smallest absolute Gasteiger partial charge is 0.145 e. The molecule has 1 aromatic carbocycles. The monoisotopic (exact) mass is 381 g/mol. The van der Waals surface area contributed by atoms with Crippen molar-refractivity contribution in [3.8, 4) is 0 Å². The summed E-state index contributed by atoms with van der Waals surface area (Å²) in [4.78, 5) is 9.99. The molecule has 0 saturated carbocycles. The van der Waals surface area contributed by atoms with Crippen LogP contribution in [0, 0.1) is 0 Å². The van der Waals surface area contributed by atoms with Crippen molar-refractivity contribution >= 4 is 0 Å². The molecule has 0 spiro atoms. The van der Waals surface area contributed by atoms with Gasteiger partial charge in [0.2, 0.25) is 0 Å². The summed E-state index contributed by atoms with van der Waals surface area (Å²) in [6.07, 6.45) is 3.24. The van der Waals surface area contributed by atoms with E-state index in [9.17, 15) is 13.9 Å². The summed E-state index contributed by atoms with van der Waals surface area (Å²) in [6.45, 7) is -0.187. The number of hydrogen-bond donors (Lipinski definition) is 1. The first-order chi connectivity index (χ1) is 13.6. The molecule has 3 aromatic rings. The molecule has 1 unspecified atom stereocenters. The normalized spacial score (nSPS) is 21.5. The molecule has 4 nitrogen and oxygen atoms in total. The van der Waals surface area contributed by atoms with Gasteiger partial charge in [0, 0.05) is 49.0 Å². The van der Waals surface area contributed by atoms with E-state index >= 15 is 0 Å².